The van der Waals surface area contributed by atoms with Crippen molar-refractivity contribution in [3.05, 3.63) is 29.8 Å². The first-order valence-corrected chi connectivity index (χ1v) is 7.33. The first-order chi connectivity index (χ1) is 9.56. The zero-order valence-electron chi connectivity index (χ0n) is 12.8. The van der Waals surface area contributed by atoms with Crippen molar-refractivity contribution in [3.8, 4) is 5.75 Å². The van der Waals surface area contributed by atoms with Gasteiger partial charge in [0.25, 0.3) is 0 Å². The second kappa shape index (κ2) is 7.07. The Morgan fingerprint density at radius 3 is 2.80 bits per heavy atom. The maximum atomic E-state index is 6.01. The van der Waals surface area contributed by atoms with Crippen LogP contribution in [-0.2, 0) is 9.47 Å². The Bertz CT molecular complexity index is 422. The minimum absolute atomic E-state index is 0.0296. The second-order valence-electron chi connectivity index (χ2n) is 5.50. The van der Waals surface area contributed by atoms with Crippen molar-refractivity contribution in [2.45, 2.75) is 52.2 Å². The molecule has 0 aromatic heterocycles. The van der Waals surface area contributed by atoms with Crippen molar-refractivity contribution in [1.82, 2.24) is 5.32 Å². The fourth-order valence-electron chi connectivity index (χ4n) is 2.25. The summed E-state index contributed by atoms with van der Waals surface area (Å²) in [6.45, 7) is 9.74. The summed E-state index contributed by atoms with van der Waals surface area (Å²) in [7, 11) is 0. The molecule has 0 amide bonds. The van der Waals surface area contributed by atoms with Gasteiger partial charge in [-0.3, -0.25) is 0 Å². The zero-order valence-corrected chi connectivity index (χ0v) is 12.8. The normalized spacial score (nSPS) is 24.6. The molecule has 0 radical (unpaired) electrons. The van der Waals surface area contributed by atoms with Crippen LogP contribution in [0.15, 0.2) is 24.3 Å². The van der Waals surface area contributed by atoms with Crippen LogP contribution in [0.5, 0.6) is 5.75 Å². The van der Waals surface area contributed by atoms with E-state index < -0.39 is 0 Å². The summed E-state index contributed by atoms with van der Waals surface area (Å²) < 4.78 is 17.4. The summed E-state index contributed by atoms with van der Waals surface area (Å²) in [5.41, 5.74) is 1.10. The lowest BCUT2D eigenvalue weighted by Gasteiger charge is -2.32. The molecule has 3 atom stereocenters. The average molecular weight is 279 g/mol. The molecule has 1 aliphatic heterocycles. The molecule has 1 aromatic carbocycles. The number of hydrogen-bond acceptors (Lipinski definition) is 4. The third-order valence-corrected chi connectivity index (χ3v) is 3.30. The molecule has 0 bridgehead atoms. The summed E-state index contributed by atoms with van der Waals surface area (Å²) in [6, 6.07) is 8.26. The lowest BCUT2D eigenvalue weighted by atomic mass is 10.1. The van der Waals surface area contributed by atoms with Gasteiger partial charge in [0.05, 0.1) is 24.9 Å². The summed E-state index contributed by atoms with van der Waals surface area (Å²) in [5.74, 6) is 0.878. The Balaban J connectivity index is 1.99. The average Bonchev–Trinajstić information content (AvgIpc) is 2.41. The summed E-state index contributed by atoms with van der Waals surface area (Å²) in [4.78, 5) is 0. The maximum Gasteiger partial charge on any atom is 0.173 e. The highest BCUT2D eigenvalue weighted by atomic mass is 16.7. The van der Waals surface area contributed by atoms with Crippen molar-refractivity contribution < 1.29 is 14.2 Å². The minimum atomic E-state index is -0.201. The fourth-order valence-corrected chi connectivity index (χ4v) is 2.25. The number of hydrogen-bond donors (Lipinski definition) is 1. The van der Waals surface area contributed by atoms with E-state index in [-0.39, 0.29) is 24.5 Å². The molecule has 1 fully saturated rings. The zero-order chi connectivity index (χ0) is 14.5. The quantitative estimate of drug-likeness (QED) is 0.899. The van der Waals surface area contributed by atoms with Gasteiger partial charge in [-0.15, -0.1) is 0 Å². The third-order valence-electron chi connectivity index (χ3n) is 3.30. The molecular weight excluding hydrogens is 254 g/mol. The molecule has 0 spiro atoms. The van der Waals surface area contributed by atoms with Gasteiger partial charge in [0, 0.05) is 6.54 Å². The van der Waals surface area contributed by atoms with E-state index in [0.717, 1.165) is 17.9 Å². The first-order valence-electron chi connectivity index (χ1n) is 7.33. The molecule has 4 nitrogen and oxygen atoms in total. The maximum absolute atomic E-state index is 6.01. The summed E-state index contributed by atoms with van der Waals surface area (Å²) in [6.07, 6.45) is -0.0566. The van der Waals surface area contributed by atoms with Crippen LogP contribution in [0.3, 0.4) is 0 Å². The van der Waals surface area contributed by atoms with Crippen LogP contribution in [0.1, 0.15) is 39.4 Å². The highest BCUT2D eigenvalue weighted by Crippen LogP contribution is 2.25. The van der Waals surface area contributed by atoms with E-state index in [1.807, 2.05) is 39.0 Å². The van der Waals surface area contributed by atoms with E-state index in [1.54, 1.807) is 0 Å². The molecule has 1 unspecified atom stereocenters. The molecule has 0 aliphatic carbocycles. The highest BCUT2D eigenvalue weighted by molar-refractivity contribution is 5.29. The van der Waals surface area contributed by atoms with E-state index in [4.69, 9.17) is 14.2 Å². The Hall–Kier alpha value is -1.10. The lowest BCUT2D eigenvalue weighted by molar-refractivity contribution is -0.195. The van der Waals surface area contributed by atoms with Crippen LogP contribution in [0.25, 0.3) is 0 Å². The summed E-state index contributed by atoms with van der Waals surface area (Å²) >= 11 is 0. The largest absolute Gasteiger partial charge is 0.491 e. The van der Waals surface area contributed by atoms with Crippen molar-refractivity contribution in [1.29, 1.82) is 0 Å². The topological polar surface area (TPSA) is 39.7 Å². The standard InChI is InChI=1S/C16H25NO3/c1-11(2)19-15-7-5-6-14(10-15)13(4)20-16-12(3)17-8-9-18-16/h5-7,10-13,16-17H,8-9H2,1-4H3/t12?,13-,16-/m1/s1. The first kappa shape index (κ1) is 15.3. The van der Waals surface area contributed by atoms with Gasteiger partial charge in [0.15, 0.2) is 6.29 Å². The highest BCUT2D eigenvalue weighted by Gasteiger charge is 2.24. The predicted molar refractivity (Wildman–Crippen MR) is 78.9 cm³/mol. The van der Waals surface area contributed by atoms with Crippen LogP contribution < -0.4 is 10.1 Å². The molecule has 1 aromatic rings. The Kier molecular flexibility index (Phi) is 5.40. The number of ether oxygens (including phenoxy) is 3. The molecule has 1 N–H and O–H groups in total. The number of nitrogens with one attached hydrogen (secondary N) is 1. The van der Waals surface area contributed by atoms with Crippen LogP contribution in [0.2, 0.25) is 0 Å². The van der Waals surface area contributed by atoms with Crippen LogP contribution in [0.4, 0.5) is 0 Å². The van der Waals surface area contributed by atoms with Crippen molar-refractivity contribution in [2.24, 2.45) is 0 Å². The molecule has 4 heteroatoms. The third kappa shape index (κ3) is 4.20. The van der Waals surface area contributed by atoms with E-state index in [0.29, 0.717) is 6.61 Å². The van der Waals surface area contributed by atoms with Crippen molar-refractivity contribution in [3.63, 3.8) is 0 Å². The SMILES string of the molecule is CC(C)Oc1cccc([C@@H](C)O[C@H]2OCCNC2C)c1. The minimum Gasteiger partial charge on any atom is -0.491 e. The number of benzene rings is 1. The van der Waals surface area contributed by atoms with E-state index >= 15 is 0 Å². The van der Waals surface area contributed by atoms with E-state index in [9.17, 15) is 0 Å². The van der Waals surface area contributed by atoms with Gasteiger partial charge < -0.3 is 19.5 Å². The molecule has 1 saturated heterocycles. The van der Waals surface area contributed by atoms with E-state index in [1.165, 1.54) is 0 Å². The molecule has 2 rings (SSSR count). The number of morpholine rings is 1. The second-order valence-corrected chi connectivity index (χ2v) is 5.50. The van der Waals surface area contributed by atoms with Crippen LogP contribution >= 0.6 is 0 Å². The van der Waals surface area contributed by atoms with Gasteiger partial charge in [-0.25, -0.2) is 0 Å². The van der Waals surface area contributed by atoms with Crippen LogP contribution in [-0.4, -0.2) is 31.6 Å². The Morgan fingerprint density at radius 1 is 1.30 bits per heavy atom. The monoisotopic (exact) mass is 279 g/mol. The molecule has 112 valence electrons. The molecular formula is C16H25NO3. The molecule has 0 saturated carbocycles. The Labute approximate surface area is 121 Å². The van der Waals surface area contributed by atoms with Crippen LogP contribution in [0, 0.1) is 0 Å². The summed E-state index contributed by atoms with van der Waals surface area (Å²) in [5, 5.41) is 3.35. The molecule has 1 heterocycles. The van der Waals surface area contributed by atoms with Gasteiger partial charge in [-0.05, 0) is 45.4 Å². The predicted octanol–water partition coefficient (Wildman–Crippen LogP) is 2.89. The van der Waals surface area contributed by atoms with Gasteiger partial charge in [-0.2, -0.15) is 0 Å². The lowest BCUT2D eigenvalue weighted by Crippen LogP contribution is -2.47. The van der Waals surface area contributed by atoms with E-state index in [2.05, 4.69) is 18.3 Å². The smallest absolute Gasteiger partial charge is 0.173 e. The van der Waals surface area contributed by atoms with Crippen molar-refractivity contribution >= 4 is 0 Å². The fraction of sp³-hybridized carbons (Fsp3) is 0.625. The van der Waals surface area contributed by atoms with Gasteiger partial charge in [-0.1, -0.05) is 12.1 Å². The van der Waals surface area contributed by atoms with Gasteiger partial charge in [0.2, 0.25) is 0 Å². The van der Waals surface area contributed by atoms with Gasteiger partial charge >= 0.3 is 0 Å². The molecule has 20 heavy (non-hydrogen) atoms. The number of rotatable bonds is 5. The van der Waals surface area contributed by atoms with Gasteiger partial charge in [0.1, 0.15) is 5.75 Å². The Morgan fingerprint density at radius 2 is 2.10 bits per heavy atom. The van der Waals surface area contributed by atoms with Crippen molar-refractivity contribution in [2.75, 3.05) is 13.2 Å². The molecule has 1 aliphatic rings.